The molecule has 0 saturated carbocycles. The highest BCUT2D eigenvalue weighted by atomic mass is 16.6. The Bertz CT molecular complexity index is 616. The van der Waals surface area contributed by atoms with Gasteiger partial charge in [0.1, 0.15) is 18.2 Å². The zero-order valence-electron chi connectivity index (χ0n) is 15.8. The van der Waals surface area contributed by atoms with Crippen LogP contribution in [0.5, 0.6) is 11.5 Å². The van der Waals surface area contributed by atoms with Gasteiger partial charge in [0, 0.05) is 6.42 Å². The van der Waals surface area contributed by atoms with Crippen LogP contribution in [0.2, 0.25) is 0 Å². The van der Waals surface area contributed by atoms with Gasteiger partial charge in [-0.3, -0.25) is 9.59 Å². The van der Waals surface area contributed by atoms with Crippen LogP contribution >= 0.6 is 0 Å². The normalized spacial score (nSPS) is 14.5. The first-order valence-electron chi connectivity index (χ1n) is 8.76. The Labute approximate surface area is 154 Å². The largest absolute Gasteiger partial charge is 0.504 e. The van der Waals surface area contributed by atoms with E-state index in [0.29, 0.717) is 17.9 Å². The van der Waals surface area contributed by atoms with Crippen molar-refractivity contribution in [2.45, 2.75) is 65.2 Å². The van der Waals surface area contributed by atoms with Crippen LogP contribution in [0, 0.1) is 5.92 Å². The first-order chi connectivity index (χ1) is 12.1. The second kappa shape index (κ2) is 10.0. The Balaban J connectivity index is 2.48. The molecule has 4 N–H and O–H groups in total. The molecule has 0 radical (unpaired) electrons. The number of rotatable bonds is 9. The standard InChI is InChI=1S/C19H29NO6/c1-11(2)5-8-18(23)25-12(3)13(4)26-19(24)15(20)9-14-6-7-16(21)17(22)10-14/h6-7,10-13,15,21-22H,5,8-9,20H2,1-4H3/t12-,13-,15+/m1/s1. The fourth-order valence-electron chi connectivity index (χ4n) is 2.17. The fourth-order valence-corrected chi connectivity index (χ4v) is 2.17. The molecule has 0 aliphatic carbocycles. The maximum atomic E-state index is 12.1. The van der Waals surface area contributed by atoms with Crippen LogP contribution in [0.3, 0.4) is 0 Å². The van der Waals surface area contributed by atoms with E-state index in [-0.39, 0.29) is 23.9 Å². The highest BCUT2D eigenvalue weighted by Gasteiger charge is 2.24. The highest BCUT2D eigenvalue weighted by Crippen LogP contribution is 2.25. The zero-order chi connectivity index (χ0) is 19.9. The summed E-state index contributed by atoms with van der Waals surface area (Å²) in [5.74, 6) is -1.07. The molecule has 1 aromatic carbocycles. The summed E-state index contributed by atoms with van der Waals surface area (Å²) >= 11 is 0. The van der Waals surface area contributed by atoms with E-state index in [0.717, 1.165) is 6.42 Å². The lowest BCUT2D eigenvalue weighted by Crippen LogP contribution is -2.39. The number of hydrogen-bond acceptors (Lipinski definition) is 7. The van der Waals surface area contributed by atoms with Crippen molar-refractivity contribution in [1.29, 1.82) is 0 Å². The summed E-state index contributed by atoms with van der Waals surface area (Å²) in [5.41, 5.74) is 6.43. The summed E-state index contributed by atoms with van der Waals surface area (Å²) in [4.78, 5) is 23.9. The molecule has 0 unspecified atom stereocenters. The first kappa shape index (κ1) is 21.8. The third-order valence-corrected chi connectivity index (χ3v) is 4.00. The summed E-state index contributed by atoms with van der Waals surface area (Å²) in [5, 5.41) is 18.8. The third kappa shape index (κ3) is 7.31. The molecule has 0 saturated heterocycles. The van der Waals surface area contributed by atoms with E-state index in [1.165, 1.54) is 12.1 Å². The van der Waals surface area contributed by atoms with Gasteiger partial charge in [-0.15, -0.1) is 0 Å². The van der Waals surface area contributed by atoms with Gasteiger partial charge in [0.25, 0.3) is 0 Å². The minimum atomic E-state index is -0.940. The SMILES string of the molecule is CC(C)CCC(=O)O[C@H](C)[C@@H](C)OC(=O)[C@@H](N)Cc1ccc(O)c(O)c1. The summed E-state index contributed by atoms with van der Waals surface area (Å²) in [6.07, 6.45) is -0.00764. The Hall–Kier alpha value is -2.28. The van der Waals surface area contributed by atoms with Gasteiger partial charge in [0.2, 0.25) is 0 Å². The molecule has 0 aromatic heterocycles. The maximum absolute atomic E-state index is 12.1. The van der Waals surface area contributed by atoms with Gasteiger partial charge < -0.3 is 25.4 Å². The Morgan fingerprint density at radius 3 is 2.23 bits per heavy atom. The molecule has 1 rings (SSSR count). The molecule has 0 heterocycles. The maximum Gasteiger partial charge on any atom is 0.323 e. The monoisotopic (exact) mass is 367 g/mol. The predicted octanol–water partition coefficient (Wildman–Crippen LogP) is 2.27. The van der Waals surface area contributed by atoms with Crippen molar-refractivity contribution in [2.24, 2.45) is 11.7 Å². The predicted molar refractivity (Wildman–Crippen MR) is 96.6 cm³/mol. The lowest BCUT2D eigenvalue weighted by Gasteiger charge is -2.22. The van der Waals surface area contributed by atoms with E-state index in [9.17, 15) is 19.8 Å². The van der Waals surface area contributed by atoms with Crippen molar-refractivity contribution in [2.75, 3.05) is 0 Å². The second-order valence-electron chi connectivity index (χ2n) is 6.90. The van der Waals surface area contributed by atoms with Crippen LogP contribution in [0.15, 0.2) is 18.2 Å². The van der Waals surface area contributed by atoms with Crippen molar-refractivity contribution < 1.29 is 29.3 Å². The van der Waals surface area contributed by atoms with Gasteiger partial charge in [-0.05, 0) is 50.3 Å². The Morgan fingerprint density at radius 2 is 1.65 bits per heavy atom. The van der Waals surface area contributed by atoms with E-state index in [4.69, 9.17) is 15.2 Å². The number of esters is 2. The van der Waals surface area contributed by atoms with Crippen LogP contribution in [0.25, 0.3) is 0 Å². The third-order valence-electron chi connectivity index (χ3n) is 4.00. The average molecular weight is 367 g/mol. The number of hydrogen-bond donors (Lipinski definition) is 3. The number of carbonyl (C=O) groups excluding carboxylic acids is 2. The summed E-state index contributed by atoms with van der Waals surface area (Å²) in [7, 11) is 0. The molecule has 146 valence electrons. The van der Waals surface area contributed by atoms with Gasteiger partial charge >= 0.3 is 11.9 Å². The van der Waals surface area contributed by atoms with Crippen molar-refractivity contribution in [3.63, 3.8) is 0 Å². The van der Waals surface area contributed by atoms with E-state index in [2.05, 4.69) is 0 Å². The minimum Gasteiger partial charge on any atom is -0.504 e. The molecular weight excluding hydrogens is 338 g/mol. The van der Waals surface area contributed by atoms with E-state index < -0.39 is 24.2 Å². The molecular formula is C19H29NO6. The number of carbonyl (C=O) groups is 2. The van der Waals surface area contributed by atoms with E-state index in [1.54, 1.807) is 19.9 Å². The molecule has 1 aromatic rings. The Morgan fingerprint density at radius 1 is 1.04 bits per heavy atom. The van der Waals surface area contributed by atoms with Crippen molar-refractivity contribution in [3.05, 3.63) is 23.8 Å². The molecule has 26 heavy (non-hydrogen) atoms. The molecule has 0 bridgehead atoms. The summed E-state index contributed by atoms with van der Waals surface area (Å²) in [6.45, 7) is 7.35. The first-order valence-corrected chi connectivity index (χ1v) is 8.76. The van der Waals surface area contributed by atoms with Gasteiger partial charge in [-0.2, -0.15) is 0 Å². The molecule has 7 heteroatoms. The number of phenols is 2. The molecule has 0 spiro atoms. The molecule has 0 aliphatic heterocycles. The van der Waals surface area contributed by atoms with Crippen LogP contribution in [-0.2, 0) is 25.5 Å². The number of nitrogens with two attached hydrogens (primary N) is 1. The smallest absolute Gasteiger partial charge is 0.323 e. The Kier molecular flexibility index (Phi) is 8.38. The minimum absolute atomic E-state index is 0.141. The van der Waals surface area contributed by atoms with Crippen molar-refractivity contribution in [1.82, 2.24) is 0 Å². The molecule has 0 fully saturated rings. The van der Waals surface area contributed by atoms with E-state index in [1.807, 2.05) is 13.8 Å². The molecule has 7 nitrogen and oxygen atoms in total. The topological polar surface area (TPSA) is 119 Å². The van der Waals surface area contributed by atoms with E-state index >= 15 is 0 Å². The summed E-state index contributed by atoms with van der Waals surface area (Å²) < 4.78 is 10.5. The zero-order valence-corrected chi connectivity index (χ0v) is 15.8. The summed E-state index contributed by atoms with van der Waals surface area (Å²) in [6, 6.07) is 3.28. The second-order valence-corrected chi connectivity index (χ2v) is 6.90. The number of aromatic hydroxyl groups is 2. The van der Waals surface area contributed by atoms with Gasteiger partial charge in [-0.1, -0.05) is 19.9 Å². The quantitative estimate of drug-likeness (QED) is 0.452. The van der Waals surface area contributed by atoms with Crippen LogP contribution < -0.4 is 5.73 Å². The number of benzene rings is 1. The number of ether oxygens (including phenoxy) is 2. The molecule has 3 atom stereocenters. The van der Waals surface area contributed by atoms with Crippen LogP contribution in [0.4, 0.5) is 0 Å². The van der Waals surface area contributed by atoms with Crippen LogP contribution in [-0.4, -0.2) is 40.4 Å². The fraction of sp³-hybridized carbons (Fsp3) is 0.579. The molecule has 0 aliphatic rings. The number of phenolic OH excluding ortho intramolecular Hbond substituents is 2. The lowest BCUT2D eigenvalue weighted by atomic mass is 10.1. The highest BCUT2D eigenvalue weighted by molar-refractivity contribution is 5.76. The van der Waals surface area contributed by atoms with Gasteiger partial charge in [-0.25, -0.2) is 0 Å². The van der Waals surface area contributed by atoms with Gasteiger partial charge in [0.05, 0.1) is 0 Å². The van der Waals surface area contributed by atoms with Crippen LogP contribution in [0.1, 0.15) is 46.1 Å². The van der Waals surface area contributed by atoms with Gasteiger partial charge in [0.15, 0.2) is 11.5 Å². The lowest BCUT2D eigenvalue weighted by molar-refractivity contribution is -0.166. The molecule has 0 amide bonds. The van der Waals surface area contributed by atoms with Crippen molar-refractivity contribution in [3.8, 4) is 11.5 Å². The average Bonchev–Trinajstić information content (AvgIpc) is 2.56. The van der Waals surface area contributed by atoms with Crippen molar-refractivity contribution >= 4 is 11.9 Å².